The topological polar surface area (TPSA) is 79.0 Å². The average Bonchev–Trinajstić information content (AvgIpc) is 3.26. The molecule has 0 unspecified atom stereocenters. The number of hydrogen-bond donors (Lipinski definition) is 1. The van der Waals surface area contributed by atoms with E-state index in [1.165, 1.54) is 0 Å². The van der Waals surface area contributed by atoms with Crippen molar-refractivity contribution in [3.63, 3.8) is 0 Å². The molecule has 0 atom stereocenters. The zero-order valence-corrected chi connectivity index (χ0v) is 18.7. The van der Waals surface area contributed by atoms with Gasteiger partial charge in [-0.2, -0.15) is 0 Å². The number of benzene rings is 3. The van der Waals surface area contributed by atoms with Crippen LogP contribution in [-0.4, -0.2) is 25.8 Å². The second-order valence-corrected chi connectivity index (χ2v) is 8.96. The van der Waals surface area contributed by atoms with Crippen molar-refractivity contribution >= 4 is 38.4 Å². The number of para-hydroxylation sites is 2. The Labute approximate surface area is 194 Å². The van der Waals surface area contributed by atoms with Crippen molar-refractivity contribution in [1.82, 2.24) is 19.9 Å². The van der Waals surface area contributed by atoms with Crippen LogP contribution in [0, 0.1) is 0 Å². The first-order valence-corrected chi connectivity index (χ1v) is 11.6. The molecule has 5 rings (SSSR count). The fourth-order valence-corrected chi connectivity index (χ4v) is 4.79. The predicted molar refractivity (Wildman–Crippen MR) is 131 cm³/mol. The van der Waals surface area contributed by atoms with E-state index >= 15 is 0 Å². The molecule has 7 heteroatoms. The zero-order chi connectivity index (χ0) is 22.6. The number of H-pyrrole nitrogens is 1. The Morgan fingerprint density at radius 3 is 2.39 bits per heavy atom. The van der Waals surface area contributed by atoms with Gasteiger partial charge in [0.05, 0.1) is 32.7 Å². The average molecular weight is 455 g/mol. The summed E-state index contributed by atoms with van der Waals surface area (Å²) in [7, 11) is 0. The third-order valence-electron chi connectivity index (χ3n) is 5.46. The van der Waals surface area contributed by atoms with Crippen LogP contribution in [0.15, 0.2) is 83.7 Å². The van der Waals surface area contributed by atoms with Crippen molar-refractivity contribution in [1.29, 1.82) is 0 Å². The Morgan fingerprint density at radius 1 is 0.848 bits per heavy atom. The van der Waals surface area contributed by atoms with Crippen LogP contribution in [0.5, 0.6) is 0 Å². The van der Waals surface area contributed by atoms with Crippen LogP contribution in [-0.2, 0) is 24.3 Å². The number of hydrogen-bond acceptors (Lipinski definition) is 5. The molecule has 0 aliphatic heterocycles. The maximum absolute atomic E-state index is 13.3. The van der Waals surface area contributed by atoms with Crippen molar-refractivity contribution in [2.45, 2.75) is 25.9 Å². The van der Waals surface area contributed by atoms with E-state index in [1.54, 1.807) is 22.3 Å². The van der Waals surface area contributed by atoms with Crippen LogP contribution >= 0.6 is 11.3 Å². The highest BCUT2D eigenvalue weighted by Gasteiger charge is 2.17. The van der Waals surface area contributed by atoms with Crippen molar-refractivity contribution < 1.29 is 4.79 Å². The fourth-order valence-electron chi connectivity index (χ4n) is 3.83. The molecule has 5 aromatic rings. The normalized spacial score (nSPS) is 11.2. The van der Waals surface area contributed by atoms with Gasteiger partial charge in [-0.05, 0) is 29.8 Å². The minimum Gasteiger partial charge on any atom is -0.331 e. The van der Waals surface area contributed by atoms with Gasteiger partial charge in [-0.15, -0.1) is 11.3 Å². The Morgan fingerprint density at radius 2 is 1.58 bits per heavy atom. The monoisotopic (exact) mass is 454 g/mol. The Kier molecular flexibility index (Phi) is 5.95. The summed E-state index contributed by atoms with van der Waals surface area (Å²) < 4.78 is 1.12. The van der Waals surface area contributed by atoms with Gasteiger partial charge < -0.3 is 9.88 Å². The lowest BCUT2D eigenvalue weighted by atomic mass is 10.2. The molecule has 0 saturated carbocycles. The van der Waals surface area contributed by atoms with E-state index in [1.807, 2.05) is 72.8 Å². The third-order valence-corrected chi connectivity index (χ3v) is 6.56. The molecule has 2 aromatic heterocycles. The van der Waals surface area contributed by atoms with Crippen molar-refractivity contribution in [2.24, 2.45) is 0 Å². The summed E-state index contributed by atoms with van der Waals surface area (Å²) in [6.45, 7) is 0.670. The molecule has 164 valence electrons. The maximum atomic E-state index is 13.3. The molecule has 0 saturated heterocycles. The molecule has 1 N–H and O–H groups in total. The van der Waals surface area contributed by atoms with E-state index in [9.17, 15) is 9.59 Å². The van der Waals surface area contributed by atoms with Crippen LogP contribution in [0.3, 0.4) is 0 Å². The second-order valence-electron chi connectivity index (χ2n) is 7.84. The van der Waals surface area contributed by atoms with E-state index in [2.05, 4.69) is 15.0 Å². The van der Waals surface area contributed by atoms with E-state index in [4.69, 9.17) is 0 Å². The molecule has 0 aliphatic rings. The summed E-state index contributed by atoms with van der Waals surface area (Å²) in [6.07, 6.45) is 0.912. The van der Waals surface area contributed by atoms with Crippen molar-refractivity contribution in [3.8, 4) is 0 Å². The lowest BCUT2D eigenvalue weighted by Gasteiger charge is -2.22. The van der Waals surface area contributed by atoms with Crippen molar-refractivity contribution in [3.05, 3.63) is 106 Å². The maximum Gasteiger partial charge on any atom is 0.258 e. The first kappa shape index (κ1) is 21.0. The largest absolute Gasteiger partial charge is 0.331 e. The Hall–Kier alpha value is -3.84. The minimum absolute atomic E-state index is 0.00563. The molecule has 6 nitrogen and oxygen atoms in total. The van der Waals surface area contributed by atoms with Gasteiger partial charge in [-0.3, -0.25) is 9.59 Å². The number of carbonyl (C=O) groups is 1. The van der Waals surface area contributed by atoms with Crippen molar-refractivity contribution in [2.75, 3.05) is 0 Å². The number of nitrogens with one attached hydrogen (secondary N) is 1. The summed E-state index contributed by atoms with van der Waals surface area (Å²) in [4.78, 5) is 39.6. The van der Waals surface area contributed by atoms with Crippen LogP contribution in [0.4, 0.5) is 0 Å². The standard InChI is InChI=1S/C26H22N4O2S/c31-25(15-14-24-28-21-12-6-7-13-22(21)33-24)30(16-18-8-2-1-3-9-18)17-23-27-20-11-5-4-10-19(20)26(32)29-23/h1-13H,14-17H2,(H,27,29,32). The summed E-state index contributed by atoms with van der Waals surface area (Å²) in [6, 6.07) is 25.0. The number of aromatic amines is 1. The molecule has 0 radical (unpaired) electrons. The zero-order valence-electron chi connectivity index (χ0n) is 17.9. The Balaban J connectivity index is 1.37. The molecule has 1 amide bonds. The smallest absolute Gasteiger partial charge is 0.258 e. The molecule has 0 fully saturated rings. The van der Waals surface area contributed by atoms with Crippen LogP contribution in [0.25, 0.3) is 21.1 Å². The molecule has 33 heavy (non-hydrogen) atoms. The minimum atomic E-state index is -0.197. The third kappa shape index (κ3) is 4.83. The van der Waals surface area contributed by atoms with Gasteiger partial charge in [0.1, 0.15) is 5.82 Å². The van der Waals surface area contributed by atoms with Crippen LogP contribution in [0.1, 0.15) is 22.8 Å². The number of amides is 1. The highest BCUT2D eigenvalue weighted by atomic mass is 32.1. The highest BCUT2D eigenvalue weighted by Crippen LogP contribution is 2.23. The lowest BCUT2D eigenvalue weighted by molar-refractivity contribution is -0.132. The molecule has 0 bridgehead atoms. The molecule has 0 aliphatic carbocycles. The summed E-state index contributed by atoms with van der Waals surface area (Å²) in [5.41, 5.74) is 2.41. The molecule has 2 heterocycles. The number of carbonyl (C=O) groups excluding carboxylic acids is 1. The van der Waals surface area contributed by atoms with Gasteiger partial charge in [0.25, 0.3) is 5.56 Å². The van der Waals surface area contributed by atoms with Crippen LogP contribution < -0.4 is 5.56 Å². The number of aryl methyl sites for hydroxylation is 1. The van der Waals surface area contributed by atoms with E-state index in [0.29, 0.717) is 36.1 Å². The van der Waals surface area contributed by atoms with Gasteiger partial charge in [0.15, 0.2) is 0 Å². The van der Waals surface area contributed by atoms with E-state index in [0.717, 1.165) is 20.8 Å². The predicted octanol–water partition coefficient (Wildman–Crippen LogP) is 4.69. The second kappa shape index (κ2) is 9.34. The lowest BCUT2D eigenvalue weighted by Crippen LogP contribution is -2.32. The molecule has 3 aromatic carbocycles. The highest BCUT2D eigenvalue weighted by molar-refractivity contribution is 7.18. The van der Waals surface area contributed by atoms with E-state index in [-0.39, 0.29) is 18.0 Å². The number of rotatable bonds is 7. The summed E-state index contributed by atoms with van der Waals surface area (Å²) in [5.74, 6) is 0.469. The van der Waals surface area contributed by atoms with Crippen LogP contribution in [0.2, 0.25) is 0 Å². The molecular formula is C26H22N4O2S. The number of aromatic nitrogens is 3. The van der Waals surface area contributed by atoms with Gasteiger partial charge in [0.2, 0.25) is 5.91 Å². The van der Waals surface area contributed by atoms with Gasteiger partial charge in [0, 0.05) is 19.4 Å². The SMILES string of the molecule is O=C(CCc1nc2ccccc2s1)N(Cc1ccccc1)Cc1nc2ccccc2c(=O)[nH]1. The number of thiazole rings is 1. The van der Waals surface area contributed by atoms with Gasteiger partial charge >= 0.3 is 0 Å². The number of fused-ring (bicyclic) bond motifs is 2. The first-order chi connectivity index (χ1) is 16.2. The summed E-state index contributed by atoms with van der Waals surface area (Å²) in [5, 5.41) is 1.49. The summed E-state index contributed by atoms with van der Waals surface area (Å²) >= 11 is 1.62. The van der Waals surface area contributed by atoms with Gasteiger partial charge in [-0.1, -0.05) is 54.6 Å². The quantitative estimate of drug-likeness (QED) is 0.387. The Bertz CT molecular complexity index is 1440. The van der Waals surface area contributed by atoms with Gasteiger partial charge in [-0.25, -0.2) is 9.97 Å². The number of nitrogens with zero attached hydrogens (tertiary/aromatic N) is 3. The molecule has 0 spiro atoms. The first-order valence-electron chi connectivity index (χ1n) is 10.8. The fraction of sp³-hybridized carbons (Fsp3) is 0.154. The van der Waals surface area contributed by atoms with E-state index < -0.39 is 0 Å². The molecular weight excluding hydrogens is 432 g/mol.